The summed E-state index contributed by atoms with van der Waals surface area (Å²) in [4.78, 5) is 18.3. The number of hydrogen-bond acceptors (Lipinski definition) is 4. The maximum Gasteiger partial charge on any atom is 0.317 e. The van der Waals surface area contributed by atoms with E-state index in [1.54, 1.807) is 0 Å². The van der Waals surface area contributed by atoms with Crippen LogP contribution in [0.15, 0.2) is 4.52 Å². The summed E-state index contributed by atoms with van der Waals surface area (Å²) in [6.45, 7) is 6.35. The molecular formula is C14H22N4O2. The van der Waals surface area contributed by atoms with Gasteiger partial charge in [-0.05, 0) is 25.2 Å². The minimum Gasteiger partial charge on any atom is -0.339 e. The Bertz CT molecular complexity index is 481. The van der Waals surface area contributed by atoms with E-state index in [9.17, 15) is 4.79 Å². The average Bonchev–Trinajstić information content (AvgIpc) is 2.97. The molecule has 1 unspecified atom stereocenters. The molecule has 1 atom stereocenters. The second-order valence-electron chi connectivity index (χ2n) is 6.28. The van der Waals surface area contributed by atoms with Crippen LogP contribution in [0.2, 0.25) is 0 Å². The van der Waals surface area contributed by atoms with Gasteiger partial charge in [-0.3, -0.25) is 0 Å². The van der Waals surface area contributed by atoms with E-state index in [0.29, 0.717) is 24.9 Å². The quantitative estimate of drug-likeness (QED) is 0.915. The fourth-order valence-corrected chi connectivity index (χ4v) is 2.47. The third-order valence-electron chi connectivity index (χ3n) is 3.89. The molecule has 1 saturated carbocycles. The first kappa shape index (κ1) is 13.4. The lowest BCUT2D eigenvalue weighted by atomic mass is 10.1. The maximum atomic E-state index is 12.0. The van der Waals surface area contributed by atoms with Gasteiger partial charge in [0.2, 0.25) is 5.89 Å². The highest BCUT2D eigenvalue weighted by molar-refractivity contribution is 5.74. The summed E-state index contributed by atoms with van der Waals surface area (Å²) in [7, 11) is 0. The molecule has 6 nitrogen and oxygen atoms in total. The predicted molar refractivity (Wildman–Crippen MR) is 73.4 cm³/mol. The second-order valence-corrected chi connectivity index (χ2v) is 6.28. The Hall–Kier alpha value is -1.59. The number of amides is 2. The summed E-state index contributed by atoms with van der Waals surface area (Å²) < 4.78 is 5.30. The lowest BCUT2D eigenvalue weighted by Gasteiger charge is -2.17. The molecule has 0 bridgehead atoms. The molecule has 3 rings (SSSR count). The third kappa shape index (κ3) is 2.94. The molecule has 1 aromatic heterocycles. The van der Waals surface area contributed by atoms with E-state index in [1.165, 1.54) is 0 Å². The van der Waals surface area contributed by atoms with Crippen molar-refractivity contribution in [3.63, 3.8) is 0 Å². The van der Waals surface area contributed by atoms with Gasteiger partial charge in [-0.1, -0.05) is 19.0 Å². The van der Waals surface area contributed by atoms with Gasteiger partial charge in [-0.2, -0.15) is 4.98 Å². The van der Waals surface area contributed by atoms with Crippen molar-refractivity contribution in [3.8, 4) is 0 Å². The number of hydrogen-bond donors (Lipinski definition) is 1. The van der Waals surface area contributed by atoms with Gasteiger partial charge >= 0.3 is 6.03 Å². The van der Waals surface area contributed by atoms with Crippen LogP contribution in [0.5, 0.6) is 0 Å². The van der Waals surface area contributed by atoms with Gasteiger partial charge in [0.15, 0.2) is 5.82 Å². The van der Waals surface area contributed by atoms with Crippen molar-refractivity contribution in [1.82, 2.24) is 20.4 Å². The topological polar surface area (TPSA) is 71.3 Å². The van der Waals surface area contributed by atoms with Gasteiger partial charge < -0.3 is 14.7 Å². The van der Waals surface area contributed by atoms with Crippen molar-refractivity contribution in [3.05, 3.63) is 11.7 Å². The molecule has 110 valence electrons. The fraction of sp³-hybridized carbons (Fsp3) is 0.786. The molecule has 1 saturated heterocycles. The Kier molecular flexibility index (Phi) is 3.63. The number of nitrogens with one attached hydrogen (secondary N) is 1. The summed E-state index contributed by atoms with van der Waals surface area (Å²) >= 11 is 0. The molecule has 0 spiro atoms. The number of aromatic nitrogens is 2. The molecule has 0 radical (unpaired) electrons. The fourth-order valence-electron chi connectivity index (χ4n) is 2.47. The monoisotopic (exact) mass is 278 g/mol. The minimum atomic E-state index is 0.0205. The van der Waals surface area contributed by atoms with Gasteiger partial charge in [-0.25, -0.2) is 4.79 Å². The summed E-state index contributed by atoms with van der Waals surface area (Å²) in [5, 5.41) is 7.04. The van der Waals surface area contributed by atoms with E-state index in [-0.39, 0.29) is 11.9 Å². The van der Waals surface area contributed by atoms with E-state index in [4.69, 9.17) is 4.52 Å². The van der Waals surface area contributed by atoms with Crippen LogP contribution in [0.1, 0.15) is 56.7 Å². The SMILES string of the molecule is CC(C)CNC(=O)N1CCC(c2noc(C3CC3)n2)C1. The van der Waals surface area contributed by atoms with Gasteiger partial charge in [0.1, 0.15) is 0 Å². The lowest BCUT2D eigenvalue weighted by Crippen LogP contribution is -2.39. The van der Waals surface area contributed by atoms with Crippen LogP contribution < -0.4 is 5.32 Å². The molecule has 2 heterocycles. The first-order chi connectivity index (χ1) is 9.63. The molecular weight excluding hydrogens is 256 g/mol. The Morgan fingerprint density at radius 3 is 2.90 bits per heavy atom. The molecule has 1 aliphatic carbocycles. The van der Waals surface area contributed by atoms with Crippen LogP contribution in [0.4, 0.5) is 4.79 Å². The summed E-state index contributed by atoms with van der Waals surface area (Å²) in [6.07, 6.45) is 3.24. The van der Waals surface area contributed by atoms with Crippen molar-refractivity contribution in [2.75, 3.05) is 19.6 Å². The van der Waals surface area contributed by atoms with Crippen LogP contribution in [0.25, 0.3) is 0 Å². The van der Waals surface area contributed by atoms with E-state index in [2.05, 4.69) is 29.3 Å². The van der Waals surface area contributed by atoms with Crippen molar-refractivity contribution in [1.29, 1.82) is 0 Å². The molecule has 1 aromatic rings. The minimum absolute atomic E-state index is 0.0205. The first-order valence-electron chi connectivity index (χ1n) is 7.49. The molecule has 2 fully saturated rings. The van der Waals surface area contributed by atoms with Crippen LogP contribution in [-0.2, 0) is 0 Å². The van der Waals surface area contributed by atoms with Crippen molar-refractivity contribution >= 4 is 6.03 Å². The van der Waals surface area contributed by atoms with Gasteiger partial charge in [0.05, 0.1) is 0 Å². The highest BCUT2D eigenvalue weighted by atomic mass is 16.5. The van der Waals surface area contributed by atoms with Crippen molar-refractivity contribution in [2.45, 2.75) is 44.9 Å². The van der Waals surface area contributed by atoms with E-state index in [0.717, 1.165) is 37.5 Å². The number of carbonyl (C=O) groups is 1. The maximum absolute atomic E-state index is 12.0. The zero-order chi connectivity index (χ0) is 14.1. The van der Waals surface area contributed by atoms with E-state index >= 15 is 0 Å². The number of likely N-dealkylation sites (tertiary alicyclic amines) is 1. The average molecular weight is 278 g/mol. The number of urea groups is 1. The highest BCUT2D eigenvalue weighted by Crippen LogP contribution is 2.39. The Labute approximate surface area is 118 Å². The van der Waals surface area contributed by atoms with Crippen LogP contribution in [0, 0.1) is 5.92 Å². The third-order valence-corrected chi connectivity index (χ3v) is 3.89. The molecule has 1 aliphatic heterocycles. The summed E-state index contributed by atoms with van der Waals surface area (Å²) in [5.74, 6) is 2.73. The summed E-state index contributed by atoms with van der Waals surface area (Å²) in [6, 6.07) is 0.0205. The zero-order valence-corrected chi connectivity index (χ0v) is 12.1. The predicted octanol–water partition coefficient (Wildman–Crippen LogP) is 2.10. The van der Waals surface area contributed by atoms with Crippen molar-refractivity contribution in [2.24, 2.45) is 5.92 Å². The molecule has 2 amide bonds. The molecule has 2 aliphatic rings. The number of carbonyl (C=O) groups excluding carboxylic acids is 1. The largest absolute Gasteiger partial charge is 0.339 e. The van der Waals surface area contributed by atoms with Gasteiger partial charge in [0, 0.05) is 31.5 Å². The Morgan fingerprint density at radius 1 is 1.40 bits per heavy atom. The van der Waals surface area contributed by atoms with Crippen LogP contribution in [0.3, 0.4) is 0 Å². The lowest BCUT2D eigenvalue weighted by molar-refractivity contribution is 0.206. The Balaban J connectivity index is 1.54. The molecule has 1 N–H and O–H groups in total. The second kappa shape index (κ2) is 5.42. The standard InChI is InChI=1S/C14H22N4O2/c1-9(2)7-15-14(19)18-6-5-11(8-18)12-16-13(20-17-12)10-3-4-10/h9-11H,3-8H2,1-2H3,(H,15,19). The van der Waals surface area contributed by atoms with Crippen molar-refractivity contribution < 1.29 is 9.32 Å². The molecule has 20 heavy (non-hydrogen) atoms. The van der Waals surface area contributed by atoms with E-state index in [1.807, 2.05) is 4.90 Å². The number of nitrogens with zero attached hydrogens (tertiary/aromatic N) is 3. The molecule has 0 aromatic carbocycles. The first-order valence-corrected chi connectivity index (χ1v) is 7.49. The zero-order valence-electron chi connectivity index (χ0n) is 12.1. The highest BCUT2D eigenvalue weighted by Gasteiger charge is 2.34. The number of rotatable bonds is 4. The Morgan fingerprint density at radius 2 is 2.20 bits per heavy atom. The van der Waals surface area contributed by atoms with Gasteiger partial charge in [0.25, 0.3) is 0 Å². The summed E-state index contributed by atoms with van der Waals surface area (Å²) in [5.41, 5.74) is 0. The normalized spacial score (nSPS) is 22.6. The smallest absolute Gasteiger partial charge is 0.317 e. The van der Waals surface area contributed by atoms with Gasteiger partial charge in [-0.15, -0.1) is 0 Å². The van der Waals surface area contributed by atoms with E-state index < -0.39 is 0 Å². The van der Waals surface area contributed by atoms with Crippen LogP contribution >= 0.6 is 0 Å². The molecule has 6 heteroatoms. The van der Waals surface area contributed by atoms with Crippen LogP contribution in [-0.4, -0.2) is 40.7 Å².